The van der Waals surface area contributed by atoms with Gasteiger partial charge >= 0.3 is 0 Å². The van der Waals surface area contributed by atoms with Crippen molar-refractivity contribution in [2.75, 3.05) is 52.5 Å². The van der Waals surface area contributed by atoms with E-state index in [-0.39, 0.29) is 0 Å². The molecule has 1 fully saturated rings. The fourth-order valence-corrected chi connectivity index (χ4v) is 2.60. The monoisotopic (exact) mass is 312 g/mol. The quantitative estimate of drug-likeness (QED) is 0.368. The molecule has 0 aromatic carbocycles. The number of hydrogen-bond acceptors (Lipinski definition) is 3. The summed E-state index contributed by atoms with van der Waals surface area (Å²) in [6.07, 6.45) is 4.84. The first-order valence-electron chi connectivity index (χ1n) is 9.12. The van der Waals surface area contributed by atoms with Gasteiger partial charge in [0.25, 0.3) is 0 Å². The van der Waals surface area contributed by atoms with Crippen molar-refractivity contribution < 1.29 is 4.74 Å². The molecule has 1 aliphatic heterocycles. The van der Waals surface area contributed by atoms with Crippen molar-refractivity contribution in [2.24, 2.45) is 10.9 Å². The minimum Gasteiger partial charge on any atom is -0.379 e. The number of unbranched alkanes of at least 4 members (excludes halogenated alkanes) is 1. The second kappa shape index (κ2) is 12.7. The normalized spacial score (nSPS) is 17.0. The molecule has 0 saturated carbocycles. The first-order valence-corrected chi connectivity index (χ1v) is 9.12. The molecule has 1 aliphatic rings. The summed E-state index contributed by atoms with van der Waals surface area (Å²) in [6.45, 7) is 14.6. The van der Waals surface area contributed by atoms with E-state index in [9.17, 15) is 0 Å². The molecule has 1 saturated heterocycles. The molecular weight excluding hydrogens is 276 g/mol. The second-order valence-electron chi connectivity index (χ2n) is 5.99. The highest BCUT2D eigenvalue weighted by Crippen LogP contribution is 2.07. The standard InChI is InChI=1S/C17H36N4O/c1-4-16(5-2)15-20-17(18-6-3)19-9-7-8-10-21-11-13-22-14-12-21/h16H,4-15H2,1-3H3,(H2,18,19,20). The van der Waals surface area contributed by atoms with Crippen LogP contribution in [0.1, 0.15) is 46.5 Å². The van der Waals surface area contributed by atoms with Gasteiger partial charge in [0, 0.05) is 32.7 Å². The molecular formula is C17H36N4O. The highest BCUT2D eigenvalue weighted by Gasteiger charge is 2.09. The lowest BCUT2D eigenvalue weighted by Crippen LogP contribution is -2.39. The minimum atomic E-state index is 0.705. The van der Waals surface area contributed by atoms with E-state index >= 15 is 0 Å². The Morgan fingerprint density at radius 3 is 2.45 bits per heavy atom. The largest absolute Gasteiger partial charge is 0.379 e. The summed E-state index contributed by atoms with van der Waals surface area (Å²) >= 11 is 0. The molecule has 5 heteroatoms. The summed E-state index contributed by atoms with van der Waals surface area (Å²) in [7, 11) is 0. The number of aliphatic imine (C=N–C) groups is 1. The Balaban J connectivity index is 2.15. The first kappa shape index (κ1) is 19.2. The van der Waals surface area contributed by atoms with Crippen LogP contribution < -0.4 is 10.6 Å². The van der Waals surface area contributed by atoms with Crippen LogP contribution in [0, 0.1) is 5.92 Å². The summed E-state index contributed by atoms with van der Waals surface area (Å²) in [5.41, 5.74) is 0. The van der Waals surface area contributed by atoms with Gasteiger partial charge in [-0.05, 0) is 32.2 Å². The Morgan fingerprint density at radius 2 is 1.82 bits per heavy atom. The smallest absolute Gasteiger partial charge is 0.191 e. The Morgan fingerprint density at radius 1 is 1.09 bits per heavy atom. The summed E-state index contributed by atoms with van der Waals surface area (Å²) in [5, 5.41) is 6.80. The summed E-state index contributed by atoms with van der Waals surface area (Å²) in [4.78, 5) is 7.21. The van der Waals surface area contributed by atoms with E-state index in [1.165, 1.54) is 32.2 Å². The average molecular weight is 313 g/mol. The van der Waals surface area contributed by atoms with Crippen molar-refractivity contribution in [3.8, 4) is 0 Å². The van der Waals surface area contributed by atoms with Crippen molar-refractivity contribution in [1.82, 2.24) is 15.5 Å². The molecule has 0 radical (unpaired) electrons. The highest BCUT2D eigenvalue weighted by molar-refractivity contribution is 5.79. The van der Waals surface area contributed by atoms with Gasteiger partial charge in [-0.3, -0.25) is 9.89 Å². The van der Waals surface area contributed by atoms with Gasteiger partial charge in [-0.15, -0.1) is 0 Å². The van der Waals surface area contributed by atoms with Gasteiger partial charge in [-0.1, -0.05) is 26.7 Å². The molecule has 1 rings (SSSR count). The maximum atomic E-state index is 5.37. The zero-order chi connectivity index (χ0) is 16.0. The molecule has 2 N–H and O–H groups in total. The van der Waals surface area contributed by atoms with Crippen molar-refractivity contribution in [2.45, 2.75) is 46.5 Å². The predicted octanol–water partition coefficient (Wildman–Crippen LogP) is 2.09. The molecule has 0 unspecified atom stereocenters. The summed E-state index contributed by atoms with van der Waals surface area (Å²) in [5.74, 6) is 1.68. The molecule has 1 heterocycles. The number of rotatable bonds is 10. The van der Waals surface area contributed by atoms with Crippen LogP contribution in [0.5, 0.6) is 0 Å². The van der Waals surface area contributed by atoms with E-state index in [0.29, 0.717) is 5.92 Å². The van der Waals surface area contributed by atoms with Crippen LogP contribution in [0.4, 0.5) is 0 Å². The fraction of sp³-hybridized carbons (Fsp3) is 0.941. The van der Waals surface area contributed by atoms with Crippen molar-refractivity contribution in [1.29, 1.82) is 0 Å². The molecule has 0 aromatic rings. The molecule has 0 spiro atoms. The van der Waals surface area contributed by atoms with E-state index in [0.717, 1.165) is 51.9 Å². The van der Waals surface area contributed by atoms with Gasteiger partial charge < -0.3 is 15.4 Å². The third-order valence-electron chi connectivity index (χ3n) is 4.30. The van der Waals surface area contributed by atoms with Crippen molar-refractivity contribution in [3.05, 3.63) is 0 Å². The van der Waals surface area contributed by atoms with Gasteiger partial charge in [0.2, 0.25) is 0 Å². The lowest BCUT2D eigenvalue weighted by molar-refractivity contribution is 0.0372. The van der Waals surface area contributed by atoms with E-state index in [1.54, 1.807) is 0 Å². The Labute approximate surface area is 136 Å². The lowest BCUT2D eigenvalue weighted by atomic mass is 10.0. The number of nitrogens with one attached hydrogen (secondary N) is 2. The second-order valence-corrected chi connectivity index (χ2v) is 5.99. The fourth-order valence-electron chi connectivity index (χ4n) is 2.60. The number of ether oxygens (including phenoxy) is 1. The zero-order valence-electron chi connectivity index (χ0n) is 14.9. The average Bonchev–Trinajstić information content (AvgIpc) is 2.56. The maximum absolute atomic E-state index is 5.37. The number of nitrogens with zero attached hydrogens (tertiary/aromatic N) is 2. The van der Waals surface area contributed by atoms with Crippen molar-refractivity contribution in [3.63, 3.8) is 0 Å². The zero-order valence-corrected chi connectivity index (χ0v) is 14.9. The van der Waals surface area contributed by atoms with Crippen LogP contribution in [-0.4, -0.2) is 63.3 Å². The first-order chi connectivity index (χ1) is 10.8. The van der Waals surface area contributed by atoms with Crippen molar-refractivity contribution >= 4 is 5.96 Å². The van der Waals surface area contributed by atoms with E-state index < -0.39 is 0 Å². The van der Waals surface area contributed by atoms with Crippen LogP contribution in [0.25, 0.3) is 0 Å². The van der Waals surface area contributed by atoms with Crippen LogP contribution in [0.2, 0.25) is 0 Å². The molecule has 0 aliphatic carbocycles. The van der Waals surface area contributed by atoms with Gasteiger partial charge in [-0.25, -0.2) is 0 Å². The molecule has 0 aromatic heterocycles. The van der Waals surface area contributed by atoms with Crippen LogP contribution in [-0.2, 0) is 4.74 Å². The molecule has 5 nitrogen and oxygen atoms in total. The molecule has 0 bridgehead atoms. The Bertz CT molecular complexity index is 286. The number of guanidine groups is 1. The van der Waals surface area contributed by atoms with Gasteiger partial charge in [-0.2, -0.15) is 0 Å². The maximum Gasteiger partial charge on any atom is 0.191 e. The number of hydrogen-bond donors (Lipinski definition) is 2. The topological polar surface area (TPSA) is 48.9 Å². The Hall–Kier alpha value is -0.810. The third-order valence-corrected chi connectivity index (χ3v) is 4.30. The predicted molar refractivity (Wildman–Crippen MR) is 94.5 cm³/mol. The Kier molecular flexibility index (Phi) is 11.1. The molecule has 130 valence electrons. The molecule has 0 atom stereocenters. The lowest BCUT2D eigenvalue weighted by Gasteiger charge is -2.26. The van der Waals surface area contributed by atoms with Gasteiger partial charge in [0.15, 0.2) is 5.96 Å². The van der Waals surface area contributed by atoms with Gasteiger partial charge in [0.05, 0.1) is 13.2 Å². The summed E-state index contributed by atoms with van der Waals surface area (Å²) < 4.78 is 5.37. The third kappa shape index (κ3) is 8.59. The van der Waals surface area contributed by atoms with Crippen LogP contribution in [0.3, 0.4) is 0 Å². The molecule has 22 heavy (non-hydrogen) atoms. The summed E-state index contributed by atoms with van der Waals surface area (Å²) in [6, 6.07) is 0. The van der Waals surface area contributed by atoms with Crippen LogP contribution >= 0.6 is 0 Å². The van der Waals surface area contributed by atoms with E-state index in [1.807, 2.05) is 0 Å². The number of morpholine rings is 1. The SMILES string of the molecule is CCNC(=NCC(CC)CC)NCCCCN1CCOCC1. The molecule has 0 amide bonds. The van der Waals surface area contributed by atoms with E-state index in [4.69, 9.17) is 9.73 Å². The van der Waals surface area contributed by atoms with Gasteiger partial charge in [0.1, 0.15) is 0 Å². The van der Waals surface area contributed by atoms with E-state index in [2.05, 4.69) is 36.3 Å². The van der Waals surface area contributed by atoms with Crippen LogP contribution in [0.15, 0.2) is 4.99 Å². The minimum absolute atomic E-state index is 0.705. The highest BCUT2D eigenvalue weighted by atomic mass is 16.5.